The van der Waals surface area contributed by atoms with Gasteiger partial charge >= 0.3 is 0 Å². The molecule has 0 radical (unpaired) electrons. The Morgan fingerprint density at radius 3 is 1.68 bits per heavy atom. The average molecular weight is 643 g/mol. The molecule has 3 aromatic carbocycles. The molecular formula is C41H30N4S2. The van der Waals surface area contributed by atoms with Crippen molar-refractivity contribution in [2.45, 2.75) is 20.8 Å². The van der Waals surface area contributed by atoms with Gasteiger partial charge in [0.25, 0.3) is 0 Å². The zero-order valence-corrected chi connectivity index (χ0v) is 27.8. The summed E-state index contributed by atoms with van der Waals surface area (Å²) in [6.07, 6.45) is 4.18. The standard InChI is InChI=1S/C41H30N4S2/c1-23-10-4-7-13-30(23)35-33-21-28-18-16-26(42-28)20-27-17-19-29(43-27)22-34-40-41(47-46-40)39(45-34)37(32-15-9-6-12-25(32)3)38(44-33)36(35)31-14-8-5-11-24(31)2/h4-22,43-44H,1-3H3. The van der Waals surface area contributed by atoms with Crippen LogP contribution in [0.2, 0.25) is 0 Å². The van der Waals surface area contributed by atoms with Crippen LogP contribution in [-0.2, 0) is 0 Å². The largest absolute Gasteiger partial charge is 0.355 e. The molecular weight excluding hydrogens is 613 g/mol. The number of hydrogen-bond acceptors (Lipinski definition) is 4. The van der Waals surface area contributed by atoms with Crippen molar-refractivity contribution in [3.63, 3.8) is 0 Å². The Balaban J connectivity index is 1.57. The minimum atomic E-state index is 0.905. The molecule has 6 heteroatoms. The number of aromatic amines is 2. The van der Waals surface area contributed by atoms with Gasteiger partial charge in [-0.25, -0.2) is 9.97 Å². The number of H-pyrrole nitrogens is 2. The molecule has 6 heterocycles. The maximum atomic E-state index is 5.45. The summed E-state index contributed by atoms with van der Waals surface area (Å²) in [6, 6.07) is 36.8. The molecule has 2 N–H and O–H groups in total. The maximum Gasteiger partial charge on any atom is 0.0933 e. The lowest BCUT2D eigenvalue weighted by molar-refractivity contribution is 1.32. The lowest BCUT2D eigenvalue weighted by atomic mass is 9.89. The third-order valence-electron chi connectivity index (χ3n) is 9.16. The van der Waals surface area contributed by atoms with E-state index in [1.165, 1.54) is 54.3 Å². The van der Waals surface area contributed by atoms with Crippen molar-refractivity contribution in [1.29, 1.82) is 0 Å². The summed E-state index contributed by atoms with van der Waals surface area (Å²) in [7, 11) is 3.61. The summed E-state index contributed by atoms with van der Waals surface area (Å²) in [4.78, 5) is 20.5. The van der Waals surface area contributed by atoms with Gasteiger partial charge in [0.2, 0.25) is 0 Å². The van der Waals surface area contributed by atoms with E-state index in [1.807, 2.05) is 10.3 Å². The SMILES string of the molecule is Cc1ccccc1-c1c(-c2ccccc2C)c2[nH]c1cc1nc(cc3ccc(cc4nc(c2-c2ccccc2C)-c2ssc2-4)[nH]3)C=C1. The van der Waals surface area contributed by atoms with Crippen molar-refractivity contribution >= 4 is 54.9 Å². The monoisotopic (exact) mass is 642 g/mol. The molecule has 9 rings (SSSR count). The number of benzene rings is 3. The fourth-order valence-corrected chi connectivity index (χ4v) is 8.94. The highest BCUT2D eigenvalue weighted by Gasteiger charge is 2.29. The topological polar surface area (TPSA) is 57.4 Å². The number of rotatable bonds is 3. The van der Waals surface area contributed by atoms with E-state index in [-0.39, 0.29) is 0 Å². The van der Waals surface area contributed by atoms with Crippen molar-refractivity contribution in [3.05, 3.63) is 131 Å². The quantitative estimate of drug-likeness (QED) is 0.188. The summed E-state index contributed by atoms with van der Waals surface area (Å²) in [5.74, 6) is 0. The molecule has 8 bridgehead atoms. The molecule has 2 aliphatic rings. The van der Waals surface area contributed by atoms with Crippen LogP contribution >= 0.6 is 20.7 Å². The van der Waals surface area contributed by atoms with Gasteiger partial charge in [0, 0.05) is 33.2 Å². The molecule has 226 valence electrons. The second-order valence-corrected chi connectivity index (χ2v) is 14.4. The van der Waals surface area contributed by atoms with E-state index in [2.05, 4.69) is 146 Å². The lowest BCUT2D eigenvalue weighted by Crippen LogP contribution is -1.91. The number of fused-ring (bicyclic) bond motifs is 11. The summed E-state index contributed by atoms with van der Waals surface area (Å²) in [5.41, 5.74) is 18.6. The number of nitrogens with zero attached hydrogens (tertiary/aromatic N) is 2. The predicted octanol–water partition coefficient (Wildman–Crippen LogP) is 11.9. The van der Waals surface area contributed by atoms with Crippen molar-refractivity contribution in [1.82, 2.24) is 19.9 Å². The highest BCUT2D eigenvalue weighted by molar-refractivity contribution is 7.75. The van der Waals surface area contributed by atoms with Crippen LogP contribution in [0.15, 0.2) is 103 Å². The van der Waals surface area contributed by atoms with Crippen LogP contribution in [0.4, 0.5) is 0 Å². The fourth-order valence-electron chi connectivity index (χ4n) is 6.83. The molecule has 0 amide bonds. The maximum absolute atomic E-state index is 5.45. The summed E-state index contributed by atoms with van der Waals surface area (Å²) < 4.78 is 0. The van der Waals surface area contributed by atoms with Gasteiger partial charge in [-0.15, -0.1) is 0 Å². The van der Waals surface area contributed by atoms with E-state index in [4.69, 9.17) is 9.97 Å². The molecule has 0 unspecified atom stereocenters. The summed E-state index contributed by atoms with van der Waals surface area (Å²) in [6.45, 7) is 6.60. The number of nitrogens with one attached hydrogen (secondary N) is 2. The molecule has 0 saturated carbocycles. The lowest BCUT2D eigenvalue weighted by Gasteiger charge is -2.14. The van der Waals surface area contributed by atoms with Gasteiger partial charge in [-0.1, -0.05) is 93.5 Å². The second kappa shape index (κ2) is 10.9. The van der Waals surface area contributed by atoms with E-state index >= 15 is 0 Å². The van der Waals surface area contributed by atoms with Crippen LogP contribution in [0.5, 0.6) is 0 Å². The van der Waals surface area contributed by atoms with Gasteiger partial charge in [0.1, 0.15) is 0 Å². The molecule has 2 aliphatic heterocycles. The zero-order valence-electron chi connectivity index (χ0n) is 26.2. The van der Waals surface area contributed by atoms with E-state index < -0.39 is 0 Å². The first kappa shape index (κ1) is 28.0. The number of hydrogen-bond donors (Lipinski definition) is 2. The molecule has 0 saturated heterocycles. The molecule has 4 nitrogen and oxygen atoms in total. The summed E-state index contributed by atoms with van der Waals surface area (Å²) >= 11 is 0. The molecule has 0 fully saturated rings. The van der Waals surface area contributed by atoms with Crippen LogP contribution in [0.1, 0.15) is 28.1 Å². The van der Waals surface area contributed by atoms with Crippen molar-refractivity contribution < 1.29 is 0 Å². The Morgan fingerprint density at radius 1 is 0.511 bits per heavy atom. The number of aryl methyl sites for hydroxylation is 3. The van der Waals surface area contributed by atoms with Crippen molar-refractivity contribution in [2.75, 3.05) is 0 Å². The highest BCUT2D eigenvalue weighted by Crippen LogP contribution is 2.53. The molecule has 47 heavy (non-hydrogen) atoms. The van der Waals surface area contributed by atoms with E-state index in [1.54, 1.807) is 10.3 Å². The normalized spacial score (nSPS) is 12.1. The first-order valence-electron chi connectivity index (χ1n) is 15.8. The Bertz CT molecular complexity index is 2570. The van der Waals surface area contributed by atoms with Gasteiger partial charge in [-0.3, -0.25) is 0 Å². The smallest absolute Gasteiger partial charge is 0.0933 e. The van der Waals surface area contributed by atoms with Gasteiger partial charge in [0.05, 0.1) is 38.0 Å². The van der Waals surface area contributed by atoms with E-state index in [0.29, 0.717) is 0 Å². The van der Waals surface area contributed by atoms with E-state index in [0.717, 1.165) is 50.4 Å². The molecule has 4 aromatic heterocycles. The van der Waals surface area contributed by atoms with Crippen LogP contribution in [0.3, 0.4) is 0 Å². The van der Waals surface area contributed by atoms with Crippen LogP contribution in [0, 0.1) is 20.8 Å². The molecule has 0 aliphatic carbocycles. The Kier molecular flexibility index (Phi) is 6.49. The third-order valence-corrected chi connectivity index (χ3v) is 11.8. The highest BCUT2D eigenvalue weighted by atomic mass is 32.9. The minimum absolute atomic E-state index is 0.905. The predicted molar refractivity (Wildman–Crippen MR) is 201 cm³/mol. The molecule has 7 aromatic rings. The summed E-state index contributed by atoms with van der Waals surface area (Å²) in [5, 5.41) is 0. The fraction of sp³-hybridized carbons (Fsp3) is 0.0732. The first-order chi connectivity index (χ1) is 23.0. The van der Waals surface area contributed by atoms with Gasteiger partial charge < -0.3 is 9.97 Å². The first-order valence-corrected chi connectivity index (χ1v) is 17.9. The number of aromatic nitrogens is 4. The van der Waals surface area contributed by atoms with Gasteiger partial charge in [0.15, 0.2) is 0 Å². The van der Waals surface area contributed by atoms with Crippen LogP contribution in [-0.4, -0.2) is 19.9 Å². The second-order valence-electron chi connectivity index (χ2n) is 12.3. The van der Waals surface area contributed by atoms with Gasteiger partial charge in [-0.2, -0.15) is 0 Å². The molecule has 0 spiro atoms. The van der Waals surface area contributed by atoms with Crippen LogP contribution < -0.4 is 0 Å². The Morgan fingerprint density at radius 2 is 1.06 bits per heavy atom. The van der Waals surface area contributed by atoms with E-state index in [9.17, 15) is 0 Å². The Labute approximate surface area is 280 Å². The van der Waals surface area contributed by atoms with Crippen molar-refractivity contribution in [3.8, 4) is 54.5 Å². The third kappa shape index (κ3) is 4.63. The van der Waals surface area contributed by atoms with Crippen LogP contribution in [0.25, 0.3) is 88.7 Å². The van der Waals surface area contributed by atoms with Gasteiger partial charge in [-0.05, 0) is 96.6 Å². The average Bonchev–Trinajstić information content (AvgIpc) is 3.81. The Hall–Kier alpha value is -5.30. The van der Waals surface area contributed by atoms with Crippen molar-refractivity contribution in [2.24, 2.45) is 0 Å². The molecule has 0 atom stereocenters. The zero-order chi connectivity index (χ0) is 31.6. The minimum Gasteiger partial charge on any atom is -0.355 e.